The molecule has 0 bridgehead atoms. The second-order valence-corrected chi connectivity index (χ2v) is 5.42. The summed E-state index contributed by atoms with van der Waals surface area (Å²) in [7, 11) is 0. The van der Waals surface area contributed by atoms with E-state index in [0.717, 1.165) is 25.3 Å². The van der Waals surface area contributed by atoms with Crippen LogP contribution in [0, 0.1) is 5.92 Å². The van der Waals surface area contributed by atoms with Gasteiger partial charge in [0.2, 0.25) is 0 Å². The first kappa shape index (κ1) is 12.4. The molecular weight excluding hydrogens is 236 g/mol. The van der Waals surface area contributed by atoms with E-state index in [4.69, 9.17) is 5.11 Å². The third-order valence-corrected chi connectivity index (χ3v) is 3.69. The molecule has 1 heterocycles. The molecule has 1 saturated carbocycles. The number of aliphatic hydroxyl groups is 1. The van der Waals surface area contributed by atoms with Crippen LogP contribution in [0.1, 0.15) is 24.8 Å². The van der Waals surface area contributed by atoms with E-state index in [0.29, 0.717) is 0 Å². The molecule has 3 rings (SSSR count). The highest BCUT2D eigenvalue weighted by molar-refractivity contribution is 5.61. The van der Waals surface area contributed by atoms with Crippen molar-refractivity contribution in [2.24, 2.45) is 5.92 Å². The summed E-state index contributed by atoms with van der Waals surface area (Å²) in [6, 6.07) is 8.57. The smallest absolute Gasteiger partial charge is 0.0568 e. The molecule has 1 aromatic heterocycles. The van der Waals surface area contributed by atoms with Gasteiger partial charge in [-0.1, -0.05) is 24.3 Å². The van der Waals surface area contributed by atoms with Gasteiger partial charge in [-0.2, -0.15) is 5.10 Å². The highest BCUT2D eigenvalue weighted by atomic mass is 16.2. The van der Waals surface area contributed by atoms with Gasteiger partial charge >= 0.3 is 0 Å². The molecule has 100 valence electrons. The number of aromatic nitrogens is 2. The minimum Gasteiger partial charge on any atom is -0.396 e. The Bertz CT molecular complexity index is 526. The van der Waals surface area contributed by atoms with Crippen LogP contribution in [-0.4, -0.2) is 21.5 Å². The summed E-state index contributed by atoms with van der Waals surface area (Å²) < 4.78 is 2.06. The van der Waals surface area contributed by atoms with Crippen LogP contribution in [0.25, 0.3) is 11.1 Å². The van der Waals surface area contributed by atoms with Crippen molar-refractivity contribution in [2.75, 3.05) is 6.61 Å². The van der Waals surface area contributed by atoms with Crippen molar-refractivity contribution in [2.45, 2.75) is 32.2 Å². The summed E-state index contributed by atoms with van der Waals surface area (Å²) in [6.45, 7) is 1.32. The third kappa shape index (κ3) is 3.24. The molecule has 1 aromatic carbocycles. The van der Waals surface area contributed by atoms with Crippen LogP contribution < -0.4 is 0 Å². The largest absolute Gasteiger partial charge is 0.396 e. The minimum atomic E-state index is 0.260. The number of nitrogens with zero attached hydrogens (tertiary/aromatic N) is 2. The van der Waals surface area contributed by atoms with Gasteiger partial charge in [-0.05, 0) is 42.7 Å². The normalized spacial score (nSPS) is 14.8. The Labute approximate surface area is 113 Å². The molecule has 0 unspecified atom stereocenters. The fourth-order valence-corrected chi connectivity index (χ4v) is 2.32. The maximum Gasteiger partial charge on any atom is 0.0568 e. The summed E-state index contributed by atoms with van der Waals surface area (Å²) in [5.41, 5.74) is 3.69. The molecule has 2 aromatic rings. The van der Waals surface area contributed by atoms with Gasteiger partial charge in [-0.25, -0.2) is 0 Å². The van der Waals surface area contributed by atoms with Crippen LogP contribution >= 0.6 is 0 Å². The van der Waals surface area contributed by atoms with Crippen LogP contribution in [0.2, 0.25) is 0 Å². The van der Waals surface area contributed by atoms with Gasteiger partial charge in [-0.3, -0.25) is 4.68 Å². The number of benzene rings is 1. The van der Waals surface area contributed by atoms with Crippen molar-refractivity contribution < 1.29 is 5.11 Å². The zero-order valence-corrected chi connectivity index (χ0v) is 11.1. The summed E-state index contributed by atoms with van der Waals surface area (Å²) in [5.74, 6) is 0.855. The molecule has 0 saturated heterocycles. The van der Waals surface area contributed by atoms with Gasteiger partial charge in [0, 0.05) is 24.9 Å². The lowest BCUT2D eigenvalue weighted by Crippen LogP contribution is -1.98. The molecule has 0 aliphatic heterocycles. The second-order valence-electron chi connectivity index (χ2n) is 5.42. The number of rotatable bonds is 6. The van der Waals surface area contributed by atoms with Crippen molar-refractivity contribution in [3.05, 3.63) is 42.2 Å². The monoisotopic (exact) mass is 256 g/mol. The maximum atomic E-state index is 8.83. The number of aliphatic hydroxyl groups excluding tert-OH is 1. The molecule has 0 atom stereocenters. The zero-order valence-electron chi connectivity index (χ0n) is 11.1. The van der Waals surface area contributed by atoms with Gasteiger partial charge in [-0.15, -0.1) is 0 Å². The average molecular weight is 256 g/mol. The fourth-order valence-electron chi connectivity index (χ4n) is 2.32. The first-order chi connectivity index (χ1) is 9.35. The van der Waals surface area contributed by atoms with Gasteiger partial charge in [0.1, 0.15) is 0 Å². The van der Waals surface area contributed by atoms with E-state index in [1.54, 1.807) is 0 Å². The second kappa shape index (κ2) is 5.57. The molecule has 0 spiro atoms. The highest BCUT2D eigenvalue weighted by Crippen LogP contribution is 2.30. The van der Waals surface area contributed by atoms with E-state index in [1.807, 2.05) is 6.20 Å². The van der Waals surface area contributed by atoms with Gasteiger partial charge < -0.3 is 5.11 Å². The molecule has 3 nitrogen and oxygen atoms in total. The van der Waals surface area contributed by atoms with E-state index in [-0.39, 0.29) is 6.61 Å². The quantitative estimate of drug-likeness (QED) is 0.863. The first-order valence-electron chi connectivity index (χ1n) is 7.08. The molecular formula is C16H20N2O. The van der Waals surface area contributed by atoms with Crippen molar-refractivity contribution in [1.82, 2.24) is 9.78 Å². The molecule has 1 fully saturated rings. The van der Waals surface area contributed by atoms with Gasteiger partial charge in [0.25, 0.3) is 0 Å². The van der Waals surface area contributed by atoms with Gasteiger partial charge in [0.15, 0.2) is 0 Å². The van der Waals surface area contributed by atoms with Crippen LogP contribution in [0.15, 0.2) is 36.7 Å². The molecule has 3 heteroatoms. The number of hydrogen-bond acceptors (Lipinski definition) is 2. The van der Waals surface area contributed by atoms with E-state index in [1.165, 1.54) is 29.5 Å². The van der Waals surface area contributed by atoms with Crippen LogP contribution in [0.3, 0.4) is 0 Å². The van der Waals surface area contributed by atoms with E-state index < -0.39 is 0 Å². The number of aryl methyl sites for hydroxylation is 1. The topological polar surface area (TPSA) is 38.1 Å². The summed E-state index contributed by atoms with van der Waals surface area (Å²) in [6.07, 6.45) is 8.58. The lowest BCUT2D eigenvalue weighted by molar-refractivity contribution is 0.288. The van der Waals surface area contributed by atoms with Crippen LogP contribution in [0.4, 0.5) is 0 Å². The predicted molar refractivity (Wildman–Crippen MR) is 75.8 cm³/mol. The van der Waals surface area contributed by atoms with Crippen molar-refractivity contribution in [3.63, 3.8) is 0 Å². The molecule has 1 aliphatic rings. The lowest BCUT2D eigenvalue weighted by Gasteiger charge is -2.02. The van der Waals surface area contributed by atoms with E-state index >= 15 is 0 Å². The number of hydrogen-bond donors (Lipinski definition) is 1. The maximum absolute atomic E-state index is 8.83. The Kier molecular flexibility index (Phi) is 3.65. The standard InChI is InChI=1S/C16H20N2O/c19-9-1-2-13-5-7-15(8-6-13)16-10-17-18(12-16)11-14-3-4-14/h5-8,10,12,14,19H,1-4,9,11H2. The Morgan fingerprint density at radius 2 is 1.95 bits per heavy atom. The molecule has 19 heavy (non-hydrogen) atoms. The minimum absolute atomic E-state index is 0.260. The van der Waals surface area contributed by atoms with Crippen molar-refractivity contribution >= 4 is 0 Å². The summed E-state index contributed by atoms with van der Waals surface area (Å²) >= 11 is 0. The Balaban J connectivity index is 1.68. The predicted octanol–water partition coefficient (Wildman–Crippen LogP) is 2.89. The average Bonchev–Trinajstić information content (AvgIpc) is 3.13. The lowest BCUT2D eigenvalue weighted by atomic mass is 10.0. The summed E-state index contributed by atoms with van der Waals surface area (Å²) in [4.78, 5) is 0. The molecule has 1 N–H and O–H groups in total. The molecule has 0 amide bonds. The Morgan fingerprint density at radius 1 is 1.16 bits per heavy atom. The van der Waals surface area contributed by atoms with E-state index in [9.17, 15) is 0 Å². The van der Waals surface area contributed by atoms with Crippen molar-refractivity contribution in [1.29, 1.82) is 0 Å². The zero-order chi connectivity index (χ0) is 13.1. The fraction of sp³-hybridized carbons (Fsp3) is 0.438. The third-order valence-electron chi connectivity index (χ3n) is 3.69. The Hall–Kier alpha value is -1.61. The first-order valence-corrected chi connectivity index (χ1v) is 7.08. The van der Waals surface area contributed by atoms with Crippen LogP contribution in [0.5, 0.6) is 0 Å². The molecule has 1 aliphatic carbocycles. The van der Waals surface area contributed by atoms with E-state index in [2.05, 4.69) is 40.2 Å². The molecule has 0 radical (unpaired) electrons. The van der Waals surface area contributed by atoms with Gasteiger partial charge in [0.05, 0.1) is 6.20 Å². The summed E-state index contributed by atoms with van der Waals surface area (Å²) in [5, 5.41) is 13.3. The van der Waals surface area contributed by atoms with Crippen molar-refractivity contribution in [3.8, 4) is 11.1 Å². The van der Waals surface area contributed by atoms with Crippen LogP contribution in [-0.2, 0) is 13.0 Å². The Morgan fingerprint density at radius 3 is 2.63 bits per heavy atom. The SMILES string of the molecule is OCCCc1ccc(-c2cnn(CC3CC3)c2)cc1. The highest BCUT2D eigenvalue weighted by Gasteiger charge is 2.21.